The molecule has 0 unspecified atom stereocenters. The first-order valence-corrected chi connectivity index (χ1v) is 10.5. The Morgan fingerprint density at radius 1 is 1.03 bits per heavy atom. The molecule has 2 aromatic carbocycles. The minimum atomic E-state index is -0.328. The molecule has 0 bridgehead atoms. The van der Waals surface area contributed by atoms with Crippen molar-refractivity contribution in [3.05, 3.63) is 88.2 Å². The molecule has 0 spiro atoms. The van der Waals surface area contributed by atoms with Crippen molar-refractivity contribution in [1.29, 1.82) is 0 Å². The molecule has 0 fully saturated rings. The van der Waals surface area contributed by atoms with Gasteiger partial charge in [-0.05, 0) is 30.3 Å². The second-order valence-electron chi connectivity index (χ2n) is 6.73. The smallest absolute Gasteiger partial charge is 0.267 e. The summed E-state index contributed by atoms with van der Waals surface area (Å²) in [6, 6.07) is 20.2. The summed E-state index contributed by atoms with van der Waals surface area (Å²) in [5.74, 6) is 0.479. The van der Waals surface area contributed by atoms with Crippen LogP contribution in [0.2, 0.25) is 0 Å². The largest absolute Gasteiger partial charge is 0.497 e. The molecule has 1 N–H and O–H groups in total. The van der Waals surface area contributed by atoms with E-state index in [1.807, 2.05) is 60.0 Å². The number of rotatable bonds is 7. The van der Waals surface area contributed by atoms with Crippen LogP contribution in [-0.2, 0) is 17.9 Å². The van der Waals surface area contributed by atoms with Crippen molar-refractivity contribution in [1.82, 2.24) is 20.1 Å². The highest BCUT2D eigenvalue weighted by atomic mass is 32.1. The maximum Gasteiger partial charge on any atom is 0.267 e. The van der Waals surface area contributed by atoms with Crippen molar-refractivity contribution in [3.8, 4) is 27.6 Å². The van der Waals surface area contributed by atoms with Crippen LogP contribution in [0.5, 0.6) is 5.75 Å². The highest BCUT2D eigenvalue weighted by molar-refractivity contribution is 7.13. The van der Waals surface area contributed by atoms with E-state index in [9.17, 15) is 9.59 Å². The van der Waals surface area contributed by atoms with E-state index in [-0.39, 0.29) is 24.6 Å². The van der Waals surface area contributed by atoms with Gasteiger partial charge in [-0.25, -0.2) is 9.67 Å². The SMILES string of the molecule is COc1ccc(-c2nc(CNC(=O)Cn3nc(-c4ccccc4)ccc3=O)cs2)cc1. The molecule has 0 saturated heterocycles. The third-order valence-electron chi connectivity index (χ3n) is 4.58. The summed E-state index contributed by atoms with van der Waals surface area (Å²) in [6.45, 7) is 0.119. The van der Waals surface area contributed by atoms with Gasteiger partial charge < -0.3 is 10.1 Å². The first-order valence-electron chi connectivity index (χ1n) is 9.61. The fraction of sp³-hybridized carbons (Fsp3) is 0.130. The number of hydrogen-bond acceptors (Lipinski definition) is 6. The number of thiazole rings is 1. The Balaban J connectivity index is 1.39. The molecule has 0 radical (unpaired) electrons. The maximum atomic E-state index is 12.4. The summed E-state index contributed by atoms with van der Waals surface area (Å²) in [5.41, 5.74) is 2.92. The summed E-state index contributed by atoms with van der Waals surface area (Å²) >= 11 is 1.50. The Bertz CT molecular complexity index is 1230. The molecule has 2 heterocycles. The minimum absolute atomic E-state index is 0.158. The summed E-state index contributed by atoms with van der Waals surface area (Å²) in [7, 11) is 1.63. The molecule has 4 aromatic rings. The van der Waals surface area contributed by atoms with Gasteiger partial charge in [0.2, 0.25) is 5.91 Å². The van der Waals surface area contributed by atoms with Crippen molar-refractivity contribution in [2.75, 3.05) is 7.11 Å². The molecule has 7 nitrogen and oxygen atoms in total. The molecule has 8 heteroatoms. The standard InChI is InChI=1S/C23H20N4O3S/c1-30-19-9-7-17(8-10-19)23-25-18(15-31-23)13-24-21(28)14-27-22(29)12-11-20(26-27)16-5-3-2-4-6-16/h2-12,15H,13-14H2,1H3,(H,24,28). The van der Waals surface area contributed by atoms with Gasteiger partial charge in [0.1, 0.15) is 17.3 Å². The van der Waals surface area contributed by atoms with Crippen LogP contribution in [0.1, 0.15) is 5.69 Å². The number of methoxy groups -OCH3 is 1. The van der Waals surface area contributed by atoms with Gasteiger partial charge in [-0.15, -0.1) is 11.3 Å². The Morgan fingerprint density at radius 2 is 1.81 bits per heavy atom. The highest BCUT2D eigenvalue weighted by Gasteiger charge is 2.10. The Hall–Kier alpha value is -3.78. The average Bonchev–Trinajstić information content (AvgIpc) is 3.29. The van der Waals surface area contributed by atoms with E-state index >= 15 is 0 Å². The maximum absolute atomic E-state index is 12.4. The van der Waals surface area contributed by atoms with E-state index in [4.69, 9.17) is 4.74 Å². The van der Waals surface area contributed by atoms with Crippen LogP contribution in [0, 0.1) is 0 Å². The van der Waals surface area contributed by atoms with E-state index < -0.39 is 0 Å². The summed E-state index contributed by atoms with van der Waals surface area (Å²) in [5, 5.41) is 9.88. The van der Waals surface area contributed by atoms with Gasteiger partial charge in [0.05, 0.1) is 25.0 Å². The van der Waals surface area contributed by atoms with Crippen LogP contribution < -0.4 is 15.6 Å². The molecule has 156 valence electrons. The Kier molecular flexibility index (Phi) is 6.18. The molecule has 0 aliphatic rings. The van der Waals surface area contributed by atoms with E-state index in [0.29, 0.717) is 5.69 Å². The number of carbonyl (C=O) groups is 1. The second kappa shape index (κ2) is 9.36. The van der Waals surface area contributed by atoms with Crippen molar-refractivity contribution >= 4 is 17.2 Å². The molecule has 0 aliphatic heterocycles. The first-order chi connectivity index (χ1) is 15.1. The number of hydrogen-bond donors (Lipinski definition) is 1. The molecule has 4 rings (SSSR count). The normalized spacial score (nSPS) is 10.6. The fourth-order valence-corrected chi connectivity index (χ4v) is 3.79. The average molecular weight is 433 g/mol. The monoisotopic (exact) mass is 432 g/mol. The number of aromatic nitrogens is 3. The van der Waals surface area contributed by atoms with Crippen molar-refractivity contribution in [3.63, 3.8) is 0 Å². The number of ether oxygens (including phenoxy) is 1. The third-order valence-corrected chi connectivity index (χ3v) is 5.53. The van der Waals surface area contributed by atoms with Gasteiger partial charge in [0.15, 0.2) is 0 Å². The zero-order valence-corrected chi connectivity index (χ0v) is 17.6. The van der Waals surface area contributed by atoms with E-state index in [0.717, 1.165) is 27.6 Å². The number of nitrogens with zero attached hydrogens (tertiary/aromatic N) is 3. The van der Waals surface area contributed by atoms with Gasteiger partial charge >= 0.3 is 0 Å². The van der Waals surface area contributed by atoms with Gasteiger partial charge in [-0.1, -0.05) is 30.3 Å². The third kappa shape index (κ3) is 5.04. The number of benzene rings is 2. The molecule has 0 atom stereocenters. The molecule has 31 heavy (non-hydrogen) atoms. The lowest BCUT2D eigenvalue weighted by molar-refractivity contribution is -0.122. The van der Waals surface area contributed by atoms with E-state index in [1.54, 1.807) is 13.2 Å². The molecule has 0 saturated carbocycles. The van der Waals surface area contributed by atoms with Crippen LogP contribution in [0.4, 0.5) is 0 Å². The second-order valence-corrected chi connectivity index (χ2v) is 7.59. The van der Waals surface area contributed by atoms with Crippen molar-refractivity contribution < 1.29 is 9.53 Å². The lowest BCUT2D eigenvalue weighted by Crippen LogP contribution is -2.33. The summed E-state index contributed by atoms with van der Waals surface area (Å²) < 4.78 is 6.34. The predicted molar refractivity (Wildman–Crippen MR) is 120 cm³/mol. The molecule has 0 aliphatic carbocycles. The van der Waals surface area contributed by atoms with Crippen LogP contribution in [0.3, 0.4) is 0 Å². The molecular weight excluding hydrogens is 412 g/mol. The Morgan fingerprint density at radius 3 is 2.55 bits per heavy atom. The zero-order chi connectivity index (χ0) is 21.6. The minimum Gasteiger partial charge on any atom is -0.497 e. The number of carbonyl (C=O) groups excluding carboxylic acids is 1. The first kappa shape index (κ1) is 20.5. The molecular formula is C23H20N4O3S. The van der Waals surface area contributed by atoms with Crippen molar-refractivity contribution in [2.45, 2.75) is 13.1 Å². The predicted octanol–water partition coefficient (Wildman–Crippen LogP) is 3.36. The summed E-state index contributed by atoms with van der Waals surface area (Å²) in [4.78, 5) is 29.1. The van der Waals surface area contributed by atoms with Gasteiger partial charge in [-0.2, -0.15) is 5.10 Å². The van der Waals surface area contributed by atoms with E-state index in [2.05, 4.69) is 15.4 Å². The number of amides is 1. The highest BCUT2D eigenvalue weighted by Crippen LogP contribution is 2.25. The fourth-order valence-electron chi connectivity index (χ4n) is 2.96. The lowest BCUT2D eigenvalue weighted by Gasteiger charge is -2.07. The number of nitrogens with one attached hydrogen (secondary N) is 1. The Labute approximate surface area is 183 Å². The van der Waals surface area contributed by atoms with Crippen LogP contribution in [-0.4, -0.2) is 27.8 Å². The topological polar surface area (TPSA) is 86.1 Å². The quantitative estimate of drug-likeness (QED) is 0.484. The van der Waals surface area contributed by atoms with Crippen LogP contribution in [0.25, 0.3) is 21.8 Å². The lowest BCUT2D eigenvalue weighted by atomic mass is 10.1. The van der Waals surface area contributed by atoms with Gasteiger partial charge in [0.25, 0.3) is 5.56 Å². The van der Waals surface area contributed by atoms with Crippen molar-refractivity contribution in [2.24, 2.45) is 0 Å². The zero-order valence-electron chi connectivity index (χ0n) is 16.8. The molecule has 2 aromatic heterocycles. The summed E-state index contributed by atoms with van der Waals surface area (Å²) in [6.07, 6.45) is 0. The van der Waals surface area contributed by atoms with Gasteiger partial charge in [0, 0.05) is 22.6 Å². The van der Waals surface area contributed by atoms with Crippen LogP contribution in [0.15, 0.2) is 76.9 Å². The van der Waals surface area contributed by atoms with Crippen LogP contribution >= 0.6 is 11.3 Å². The van der Waals surface area contributed by atoms with Gasteiger partial charge in [-0.3, -0.25) is 9.59 Å². The molecule has 1 amide bonds. The van der Waals surface area contributed by atoms with E-state index in [1.165, 1.54) is 22.1 Å².